The van der Waals surface area contributed by atoms with Gasteiger partial charge in [-0.1, -0.05) is 18.2 Å². The summed E-state index contributed by atoms with van der Waals surface area (Å²) in [7, 11) is 1.55. The van der Waals surface area contributed by atoms with Crippen molar-refractivity contribution in [3.8, 4) is 11.5 Å². The fourth-order valence-electron chi connectivity index (χ4n) is 4.29. The van der Waals surface area contributed by atoms with Crippen molar-refractivity contribution in [1.82, 2.24) is 4.90 Å². The summed E-state index contributed by atoms with van der Waals surface area (Å²) in [6.07, 6.45) is 0.0971. The lowest BCUT2D eigenvalue weighted by Crippen LogP contribution is -2.46. The summed E-state index contributed by atoms with van der Waals surface area (Å²) in [6.45, 7) is 2.02. The van der Waals surface area contributed by atoms with E-state index >= 15 is 0 Å². The molecular formula is C22H22FNO5. The van der Waals surface area contributed by atoms with Gasteiger partial charge in [-0.2, -0.15) is 0 Å². The number of benzene rings is 2. The summed E-state index contributed by atoms with van der Waals surface area (Å²) in [6, 6.07) is 9.90. The third-order valence-electron chi connectivity index (χ3n) is 5.98. The van der Waals surface area contributed by atoms with E-state index < -0.39 is 11.4 Å². The summed E-state index contributed by atoms with van der Waals surface area (Å²) in [5.41, 5.74) is 0.765. The molecule has 152 valence electrons. The molecule has 2 atom stereocenters. The van der Waals surface area contributed by atoms with Crippen LogP contribution in [-0.2, 0) is 16.0 Å². The first-order valence-electron chi connectivity index (χ1n) is 9.41. The Morgan fingerprint density at radius 2 is 2.10 bits per heavy atom. The van der Waals surface area contributed by atoms with E-state index in [-0.39, 0.29) is 37.2 Å². The standard InChI is InChI=1S/C22H22FNO5/c1-13-7-14(3-6-18(13)23)8-20(25)24-10-17-16-5-4-15(28-2)9-19(16)29-12-22(17,11-24)21(26)27/h3-7,9,17H,8,10-12H2,1-2H3,(H,26,27)/t17-,22-/m1/s1. The summed E-state index contributed by atoms with van der Waals surface area (Å²) in [5.74, 6) is -0.618. The van der Waals surface area contributed by atoms with Crippen LogP contribution in [0, 0.1) is 18.2 Å². The van der Waals surface area contributed by atoms with Gasteiger partial charge in [-0.15, -0.1) is 0 Å². The smallest absolute Gasteiger partial charge is 0.315 e. The number of likely N-dealkylation sites (tertiary alicyclic amines) is 1. The van der Waals surface area contributed by atoms with Crippen LogP contribution >= 0.6 is 0 Å². The molecule has 1 amide bonds. The minimum absolute atomic E-state index is 0.00734. The van der Waals surface area contributed by atoms with Gasteiger partial charge in [-0.3, -0.25) is 9.59 Å². The molecule has 2 heterocycles. The molecule has 1 saturated heterocycles. The van der Waals surface area contributed by atoms with Gasteiger partial charge in [0.1, 0.15) is 29.3 Å². The molecule has 0 spiro atoms. The van der Waals surface area contributed by atoms with E-state index in [0.29, 0.717) is 29.2 Å². The van der Waals surface area contributed by atoms with Crippen LogP contribution in [0.1, 0.15) is 22.6 Å². The molecule has 1 fully saturated rings. The number of aryl methyl sites for hydroxylation is 1. The van der Waals surface area contributed by atoms with E-state index in [1.165, 1.54) is 6.07 Å². The van der Waals surface area contributed by atoms with Gasteiger partial charge < -0.3 is 19.5 Å². The van der Waals surface area contributed by atoms with E-state index in [2.05, 4.69) is 0 Å². The predicted molar refractivity (Wildman–Crippen MR) is 103 cm³/mol. The maximum absolute atomic E-state index is 13.5. The summed E-state index contributed by atoms with van der Waals surface area (Å²) >= 11 is 0. The van der Waals surface area contributed by atoms with Gasteiger partial charge in [0.15, 0.2) is 0 Å². The molecule has 2 aliphatic heterocycles. The Balaban J connectivity index is 1.61. The molecule has 0 radical (unpaired) electrons. The molecule has 0 unspecified atom stereocenters. The van der Waals surface area contributed by atoms with Crippen molar-refractivity contribution >= 4 is 11.9 Å². The van der Waals surface area contributed by atoms with Gasteiger partial charge in [0, 0.05) is 30.6 Å². The van der Waals surface area contributed by atoms with Crippen molar-refractivity contribution < 1.29 is 28.6 Å². The van der Waals surface area contributed by atoms with Gasteiger partial charge in [0.2, 0.25) is 5.91 Å². The Bertz CT molecular complexity index is 991. The highest BCUT2D eigenvalue weighted by Crippen LogP contribution is 2.50. The quantitative estimate of drug-likeness (QED) is 0.856. The molecular weight excluding hydrogens is 377 g/mol. The zero-order valence-corrected chi connectivity index (χ0v) is 16.3. The fourth-order valence-corrected chi connectivity index (χ4v) is 4.29. The van der Waals surface area contributed by atoms with Crippen molar-refractivity contribution in [3.63, 3.8) is 0 Å². The minimum Gasteiger partial charge on any atom is -0.497 e. The average molecular weight is 399 g/mol. The number of nitrogens with zero attached hydrogens (tertiary/aromatic N) is 1. The Morgan fingerprint density at radius 3 is 2.79 bits per heavy atom. The zero-order chi connectivity index (χ0) is 20.8. The number of fused-ring (bicyclic) bond motifs is 3. The van der Waals surface area contributed by atoms with Crippen LogP contribution in [0.5, 0.6) is 11.5 Å². The molecule has 29 heavy (non-hydrogen) atoms. The van der Waals surface area contributed by atoms with Gasteiger partial charge >= 0.3 is 5.97 Å². The Hall–Kier alpha value is -3.09. The highest BCUT2D eigenvalue weighted by Gasteiger charge is 2.57. The Kier molecular flexibility index (Phi) is 4.68. The Labute approximate surface area is 167 Å². The second kappa shape index (κ2) is 7.06. The molecule has 0 aromatic heterocycles. The number of ether oxygens (including phenoxy) is 2. The number of rotatable bonds is 4. The molecule has 0 bridgehead atoms. The molecule has 6 nitrogen and oxygen atoms in total. The largest absolute Gasteiger partial charge is 0.497 e. The van der Waals surface area contributed by atoms with Gasteiger partial charge in [0.05, 0.1) is 13.5 Å². The highest BCUT2D eigenvalue weighted by molar-refractivity contribution is 5.84. The number of carboxylic acid groups (broad SMARTS) is 1. The number of aliphatic carboxylic acids is 1. The van der Waals surface area contributed by atoms with Crippen molar-refractivity contribution in [3.05, 3.63) is 58.9 Å². The lowest BCUT2D eigenvalue weighted by Gasteiger charge is -2.35. The molecule has 7 heteroatoms. The number of amides is 1. The summed E-state index contributed by atoms with van der Waals surface area (Å²) in [4.78, 5) is 26.7. The van der Waals surface area contributed by atoms with Crippen LogP contribution < -0.4 is 9.47 Å². The van der Waals surface area contributed by atoms with Crippen molar-refractivity contribution in [2.75, 3.05) is 26.8 Å². The molecule has 2 aromatic rings. The van der Waals surface area contributed by atoms with E-state index in [0.717, 1.165) is 5.56 Å². The number of hydrogen-bond acceptors (Lipinski definition) is 4. The zero-order valence-electron chi connectivity index (χ0n) is 16.3. The molecule has 0 aliphatic carbocycles. The molecule has 2 aromatic carbocycles. The first kappa shape index (κ1) is 19.2. The fraction of sp³-hybridized carbons (Fsp3) is 0.364. The van der Waals surface area contributed by atoms with Crippen LogP contribution in [0.15, 0.2) is 36.4 Å². The van der Waals surface area contributed by atoms with Crippen molar-refractivity contribution in [2.24, 2.45) is 5.41 Å². The van der Waals surface area contributed by atoms with Gasteiger partial charge in [-0.05, 0) is 30.2 Å². The predicted octanol–water partition coefficient (Wildman–Crippen LogP) is 2.77. The number of methoxy groups -OCH3 is 1. The summed E-state index contributed by atoms with van der Waals surface area (Å²) < 4.78 is 24.5. The first-order chi connectivity index (χ1) is 13.8. The van der Waals surface area contributed by atoms with Gasteiger partial charge in [-0.25, -0.2) is 4.39 Å². The third kappa shape index (κ3) is 3.20. The summed E-state index contributed by atoms with van der Waals surface area (Å²) in [5, 5.41) is 10.00. The lowest BCUT2D eigenvalue weighted by molar-refractivity contribution is -0.152. The normalized spacial score (nSPS) is 22.4. The second-order valence-corrected chi connectivity index (χ2v) is 7.74. The van der Waals surface area contributed by atoms with E-state index in [1.807, 2.05) is 6.07 Å². The third-order valence-corrected chi connectivity index (χ3v) is 5.98. The maximum Gasteiger partial charge on any atom is 0.315 e. The number of carbonyl (C=O) groups excluding carboxylic acids is 1. The van der Waals surface area contributed by atoms with Crippen LogP contribution in [0.2, 0.25) is 0 Å². The Morgan fingerprint density at radius 1 is 1.31 bits per heavy atom. The molecule has 1 N–H and O–H groups in total. The van der Waals surface area contributed by atoms with Crippen LogP contribution in [-0.4, -0.2) is 48.7 Å². The highest BCUT2D eigenvalue weighted by atomic mass is 19.1. The lowest BCUT2D eigenvalue weighted by atomic mass is 9.73. The first-order valence-corrected chi connectivity index (χ1v) is 9.41. The molecule has 2 aliphatic rings. The van der Waals surface area contributed by atoms with Crippen molar-refractivity contribution in [2.45, 2.75) is 19.3 Å². The van der Waals surface area contributed by atoms with Crippen molar-refractivity contribution in [1.29, 1.82) is 0 Å². The van der Waals surface area contributed by atoms with Crippen LogP contribution in [0.4, 0.5) is 4.39 Å². The molecule has 0 saturated carbocycles. The number of halogens is 1. The van der Waals surface area contributed by atoms with Crippen LogP contribution in [0.25, 0.3) is 0 Å². The van der Waals surface area contributed by atoms with E-state index in [4.69, 9.17) is 9.47 Å². The minimum atomic E-state index is -1.18. The average Bonchev–Trinajstić information content (AvgIpc) is 3.12. The molecule has 4 rings (SSSR count). The second-order valence-electron chi connectivity index (χ2n) is 7.74. The monoisotopic (exact) mass is 399 g/mol. The number of carbonyl (C=O) groups is 2. The SMILES string of the molecule is COc1ccc2c(c1)OC[C@]1(C(=O)O)CN(C(=O)Cc3ccc(F)c(C)c3)C[C@H]21. The number of carboxylic acids is 1. The van der Waals surface area contributed by atoms with E-state index in [1.54, 1.807) is 43.2 Å². The van der Waals surface area contributed by atoms with E-state index in [9.17, 15) is 19.1 Å². The van der Waals surface area contributed by atoms with Crippen LogP contribution in [0.3, 0.4) is 0 Å². The maximum atomic E-state index is 13.5. The van der Waals surface area contributed by atoms with Gasteiger partial charge in [0.25, 0.3) is 0 Å². The number of hydrogen-bond donors (Lipinski definition) is 1. The topological polar surface area (TPSA) is 76.1 Å².